The summed E-state index contributed by atoms with van der Waals surface area (Å²) >= 11 is 1.72. The molecular formula is C17H18N2OS. The van der Waals surface area contributed by atoms with Crippen molar-refractivity contribution in [2.24, 2.45) is 0 Å². The van der Waals surface area contributed by atoms with Crippen molar-refractivity contribution in [3.63, 3.8) is 0 Å². The quantitative estimate of drug-likeness (QED) is 0.702. The highest BCUT2D eigenvalue weighted by atomic mass is 32.1. The number of rotatable bonds is 5. The Bertz CT molecular complexity index is 703. The lowest BCUT2D eigenvalue weighted by Gasteiger charge is -2.17. The maximum atomic E-state index is 5.65. The van der Waals surface area contributed by atoms with Crippen molar-refractivity contribution in [1.82, 2.24) is 9.55 Å². The van der Waals surface area contributed by atoms with Gasteiger partial charge < -0.3 is 9.30 Å². The van der Waals surface area contributed by atoms with Gasteiger partial charge in [0.25, 0.3) is 0 Å². The molecule has 108 valence electrons. The third-order valence-electron chi connectivity index (χ3n) is 3.61. The highest BCUT2D eigenvalue weighted by Crippen LogP contribution is 2.27. The fourth-order valence-corrected chi connectivity index (χ4v) is 3.25. The van der Waals surface area contributed by atoms with Gasteiger partial charge in [0.1, 0.15) is 11.9 Å². The third kappa shape index (κ3) is 2.91. The topological polar surface area (TPSA) is 27.1 Å². The molecule has 3 nitrogen and oxygen atoms in total. The van der Waals surface area contributed by atoms with E-state index in [0.717, 1.165) is 12.4 Å². The number of imidazole rings is 1. The first-order valence-electron chi connectivity index (χ1n) is 6.93. The molecule has 1 atom stereocenters. The first-order valence-corrected chi connectivity index (χ1v) is 7.81. The Labute approximate surface area is 128 Å². The summed E-state index contributed by atoms with van der Waals surface area (Å²) in [5.74, 6) is 0.992. The number of aromatic nitrogens is 2. The van der Waals surface area contributed by atoms with Gasteiger partial charge in [0.15, 0.2) is 0 Å². The maximum Gasteiger partial charge on any atom is 0.140 e. The molecule has 0 amide bonds. The Morgan fingerprint density at radius 2 is 2.10 bits per heavy atom. The Balaban J connectivity index is 1.91. The summed E-state index contributed by atoms with van der Waals surface area (Å²) in [7, 11) is 1.76. The highest BCUT2D eigenvalue weighted by Gasteiger charge is 2.15. The van der Waals surface area contributed by atoms with Gasteiger partial charge in [0.05, 0.1) is 6.54 Å². The first-order chi connectivity index (χ1) is 10.3. The Hall–Kier alpha value is -1.91. The van der Waals surface area contributed by atoms with E-state index in [1.165, 1.54) is 16.0 Å². The zero-order chi connectivity index (χ0) is 14.7. The average Bonchev–Trinajstić information content (AvgIpc) is 3.17. The van der Waals surface area contributed by atoms with Crippen LogP contribution in [-0.2, 0) is 11.3 Å². The van der Waals surface area contributed by atoms with E-state index in [4.69, 9.17) is 4.74 Å². The number of hydrogen-bond acceptors (Lipinski definition) is 3. The number of hydrogen-bond donors (Lipinski definition) is 0. The summed E-state index contributed by atoms with van der Waals surface area (Å²) in [6.45, 7) is 2.88. The van der Waals surface area contributed by atoms with Crippen molar-refractivity contribution in [3.05, 3.63) is 64.6 Å². The van der Waals surface area contributed by atoms with Crippen molar-refractivity contribution in [1.29, 1.82) is 0 Å². The van der Waals surface area contributed by atoms with E-state index >= 15 is 0 Å². The number of aryl methyl sites for hydroxylation is 1. The molecule has 0 radical (unpaired) electrons. The van der Waals surface area contributed by atoms with Gasteiger partial charge in [-0.2, -0.15) is 0 Å². The van der Waals surface area contributed by atoms with E-state index < -0.39 is 0 Å². The van der Waals surface area contributed by atoms with Crippen LogP contribution in [0.5, 0.6) is 0 Å². The van der Waals surface area contributed by atoms with Gasteiger partial charge in [0, 0.05) is 29.9 Å². The second-order valence-corrected chi connectivity index (χ2v) is 5.94. The van der Waals surface area contributed by atoms with Gasteiger partial charge in [-0.25, -0.2) is 4.98 Å². The maximum absolute atomic E-state index is 5.65. The molecule has 0 saturated carbocycles. The van der Waals surface area contributed by atoms with Crippen molar-refractivity contribution in [2.45, 2.75) is 19.6 Å². The van der Waals surface area contributed by atoms with E-state index in [-0.39, 0.29) is 6.10 Å². The van der Waals surface area contributed by atoms with Crippen LogP contribution < -0.4 is 0 Å². The standard InChI is InChI=1S/C17H18N2OS/c1-13-6-3-4-7-14(13)17-18-9-10-19(17)12-15(20-2)16-8-5-11-21-16/h3-11,15H,12H2,1-2H3/t15-/m1/s1. The van der Waals surface area contributed by atoms with Crippen LogP contribution in [0, 0.1) is 6.92 Å². The molecular weight excluding hydrogens is 280 g/mol. The molecule has 21 heavy (non-hydrogen) atoms. The van der Waals surface area contributed by atoms with E-state index in [1.807, 2.05) is 12.4 Å². The van der Waals surface area contributed by atoms with Gasteiger partial charge in [-0.15, -0.1) is 11.3 Å². The van der Waals surface area contributed by atoms with Crippen LogP contribution in [0.15, 0.2) is 54.2 Å². The predicted molar refractivity (Wildman–Crippen MR) is 86.5 cm³/mol. The second kappa shape index (κ2) is 6.24. The summed E-state index contributed by atoms with van der Waals surface area (Å²) in [6, 6.07) is 12.5. The number of nitrogens with zero attached hydrogens (tertiary/aromatic N) is 2. The molecule has 0 N–H and O–H groups in total. The third-order valence-corrected chi connectivity index (χ3v) is 4.57. The van der Waals surface area contributed by atoms with Crippen LogP contribution in [0.4, 0.5) is 0 Å². The number of ether oxygens (including phenoxy) is 1. The largest absolute Gasteiger partial charge is 0.374 e. The van der Waals surface area contributed by atoms with Crippen LogP contribution in [0.1, 0.15) is 16.5 Å². The van der Waals surface area contributed by atoms with Crippen molar-refractivity contribution >= 4 is 11.3 Å². The zero-order valence-electron chi connectivity index (χ0n) is 12.2. The van der Waals surface area contributed by atoms with Gasteiger partial charge in [-0.3, -0.25) is 0 Å². The molecule has 4 heteroatoms. The van der Waals surface area contributed by atoms with Crippen LogP contribution >= 0.6 is 11.3 Å². The molecule has 3 aromatic rings. The monoisotopic (exact) mass is 298 g/mol. The number of thiophene rings is 1. The molecule has 0 aliphatic carbocycles. The van der Waals surface area contributed by atoms with Crippen molar-refractivity contribution < 1.29 is 4.74 Å². The summed E-state index contributed by atoms with van der Waals surface area (Å²) in [6.07, 6.45) is 3.92. The van der Waals surface area contributed by atoms with Crippen LogP contribution in [-0.4, -0.2) is 16.7 Å². The fourth-order valence-electron chi connectivity index (χ4n) is 2.46. The van der Waals surface area contributed by atoms with Crippen LogP contribution in [0.25, 0.3) is 11.4 Å². The Morgan fingerprint density at radius 3 is 2.81 bits per heavy atom. The summed E-state index contributed by atoms with van der Waals surface area (Å²) in [5, 5.41) is 2.08. The smallest absolute Gasteiger partial charge is 0.140 e. The lowest BCUT2D eigenvalue weighted by molar-refractivity contribution is 0.0911. The number of methoxy groups -OCH3 is 1. The molecule has 0 aliphatic heterocycles. The first kappa shape index (κ1) is 14.0. The number of benzene rings is 1. The van der Waals surface area contributed by atoms with Gasteiger partial charge in [-0.05, 0) is 23.9 Å². The molecule has 0 bridgehead atoms. The fraction of sp³-hybridized carbons (Fsp3) is 0.235. The minimum atomic E-state index is 0.0574. The molecule has 0 unspecified atom stereocenters. The molecule has 1 aromatic carbocycles. The molecule has 2 aromatic heterocycles. The van der Waals surface area contributed by atoms with E-state index in [0.29, 0.717) is 0 Å². The Kier molecular flexibility index (Phi) is 4.18. The normalized spacial score (nSPS) is 12.5. The van der Waals surface area contributed by atoms with E-state index in [1.54, 1.807) is 18.4 Å². The lowest BCUT2D eigenvalue weighted by atomic mass is 10.1. The SMILES string of the molecule is CO[C@H](Cn1ccnc1-c1ccccc1C)c1cccs1. The van der Waals surface area contributed by atoms with Crippen LogP contribution in [0.3, 0.4) is 0 Å². The summed E-state index contributed by atoms with van der Waals surface area (Å²) < 4.78 is 7.81. The van der Waals surface area contributed by atoms with E-state index in [2.05, 4.69) is 58.3 Å². The minimum Gasteiger partial charge on any atom is -0.374 e. The second-order valence-electron chi connectivity index (χ2n) is 4.96. The van der Waals surface area contributed by atoms with Crippen molar-refractivity contribution in [3.8, 4) is 11.4 Å². The van der Waals surface area contributed by atoms with Gasteiger partial charge >= 0.3 is 0 Å². The minimum absolute atomic E-state index is 0.0574. The predicted octanol–water partition coefficient (Wildman–Crippen LogP) is 4.31. The zero-order valence-corrected chi connectivity index (χ0v) is 13.0. The van der Waals surface area contributed by atoms with Gasteiger partial charge in [0.2, 0.25) is 0 Å². The van der Waals surface area contributed by atoms with Crippen molar-refractivity contribution in [2.75, 3.05) is 7.11 Å². The molecule has 0 saturated heterocycles. The highest BCUT2D eigenvalue weighted by molar-refractivity contribution is 7.10. The molecule has 0 fully saturated rings. The lowest BCUT2D eigenvalue weighted by Crippen LogP contribution is -2.10. The summed E-state index contributed by atoms with van der Waals surface area (Å²) in [4.78, 5) is 5.76. The summed E-state index contributed by atoms with van der Waals surface area (Å²) in [5.41, 5.74) is 2.40. The Morgan fingerprint density at radius 1 is 1.24 bits per heavy atom. The molecule has 0 spiro atoms. The molecule has 0 aliphatic rings. The van der Waals surface area contributed by atoms with E-state index in [9.17, 15) is 0 Å². The van der Waals surface area contributed by atoms with Crippen LogP contribution in [0.2, 0.25) is 0 Å². The molecule has 3 rings (SSSR count). The molecule has 2 heterocycles. The van der Waals surface area contributed by atoms with Gasteiger partial charge in [-0.1, -0.05) is 30.3 Å². The average molecular weight is 298 g/mol.